The van der Waals surface area contributed by atoms with Gasteiger partial charge in [-0.15, -0.1) is 0 Å². The maximum atomic E-state index is 3.81. The molecule has 2 rings (SSSR count). The summed E-state index contributed by atoms with van der Waals surface area (Å²) in [4.78, 5) is 2.71. The fraction of sp³-hybridized carbons (Fsp3) is 0.684. The summed E-state index contributed by atoms with van der Waals surface area (Å²) in [5.41, 5.74) is 1.85. The van der Waals surface area contributed by atoms with Crippen molar-refractivity contribution in [1.82, 2.24) is 10.2 Å². The molecule has 0 radical (unpaired) electrons. The number of unbranched alkanes of at least 4 members (excludes halogenated alkanes) is 1. The maximum absolute atomic E-state index is 3.81. The van der Waals surface area contributed by atoms with Crippen LogP contribution in [0.3, 0.4) is 0 Å². The van der Waals surface area contributed by atoms with E-state index in [1.54, 1.807) is 0 Å². The Labute approximate surface area is 130 Å². The molecular weight excluding hydrogens is 256 g/mol. The van der Waals surface area contributed by atoms with Crippen molar-refractivity contribution in [3.63, 3.8) is 0 Å². The molecule has 2 atom stereocenters. The fourth-order valence-corrected chi connectivity index (χ4v) is 3.27. The minimum atomic E-state index is 0.109. The zero-order valence-corrected chi connectivity index (χ0v) is 14.4. The lowest BCUT2D eigenvalue weighted by Crippen LogP contribution is -2.64. The lowest BCUT2D eigenvalue weighted by molar-refractivity contribution is 0.0210. The summed E-state index contributed by atoms with van der Waals surface area (Å²) in [5.74, 6) is 0. The van der Waals surface area contributed by atoms with E-state index in [0.29, 0.717) is 11.5 Å². The second-order valence-electron chi connectivity index (χ2n) is 7.74. The number of hydrogen-bond donors (Lipinski definition) is 1. The van der Waals surface area contributed by atoms with Gasteiger partial charge in [0.2, 0.25) is 0 Å². The molecule has 0 spiro atoms. The summed E-state index contributed by atoms with van der Waals surface area (Å²) in [5, 5.41) is 3.81. The van der Waals surface area contributed by atoms with Gasteiger partial charge in [-0.2, -0.15) is 0 Å². The van der Waals surface area contributed by atoms with Crippen LogP contribution in [-0.4, -0.2) is 30.6 Å². The summed E-state index contributed by atoms with van der Waals surface area (Å²) in [6.45, 7) is 15.1. The van der Waals surface area contributed by atoms with Crippen LogP contribution in [0.1, 0.15) is 53.0 Å². The highest BCUT2D eigenvalue weighted by atomic mass is 15.3. The van der Waals surface area contributed by atoms with Gasteiger partial charge >= 0.3 is 0 Å². The van der Waals surface area contributed by atoms with E-state index in [1.165, 1.54) is 24.9 Å². The van der Waals surface area contributed by atoms with Crippen LogP contribution in [0.5, 0.6) is 0 Å². The molecule has 2 unspecified atom stereocenters. The zero-order chi connectivity index (χ0) is 15.5. The first-order valence-electron chi connectivity index (χ1n) is 8.42. The van der Waals surface area contributed by atoms with Gasteiger partial charge in [-0.05, 0) is 30.9 Å². The van der Waals surface area contributed by atoms with E-state index in [2.05, 4.69) is 75.2 Å². The van der Waals surface area contributed by atoms with E-state index < -0.39 is 0 Å². The van der Waals surface area contributed by atoms with Crippen molar-refractivity contribution in [2.75, 3.05) is 19.6 Å². The van der Waals surface area contributed by atoms with Gasteiger partial charge < -0.3 is 5.32 Å². The van der Waals surface area contributed by atoms with Gasteiger partial charge in [0.15, 0.2) is 0 Å². The van der Waals surface area contributed by atoms with Gasteiger partial charge in [-0.3, -0.25) is 4.90 Å². The molecule has 0 bridgehead atoms. The van der Waals surface area contributed by atoms with Crippen LogP contribution in [0.25, 0.3) is 0 Å². The Balaban J connectivity index is 2.24. The van der Waals surface area contributed by atoms with Crippen LogP contribution in [0.2, 0.25) is 0 Å². The number of hydrogen-bond acceptors (Lipinski definition) is 2. The first-order chi connectivity index (χ1) is 9.88. The maximum Gasteiger partial charge on any atom is 0.0558 e. The topological polar surface area (TPSA) is 15.3 Å². The fourth-order valence-electron chi connectivity index (χ4n) is 3.27. The minimum Gasteiger partial charge on any atom is -0.310 e. The Kier molecular flexibility index (Phi) is 5.11. The smallest absolute Gasteiger partial charge is 0.0558 e. The second kappa shape index (κ2) is 6.50. The van der Waals surface area contributed by atoms with Crippen LogP contribution < -0.4 is 5.32 Å². The largest absolute Gasteiger partial charge is 0.310 e. The highest BCUT2D eigenvalue weighted by Gasteiger charge is 2.41. The van der Waals surface area contributed by atoms with E-state index in [4.69, 9.17) is 0 Å². The van der Waals surface area contributed by atoms with Crippen molar-refractivity contribution < 1.29 is 0 Å². The minimum absolute atomic E-state index is 0.109. The molecule has 1 aromatic carbocycles. The SMILES string of the molecule is CCCCN1CC(C(C)(C)C)NCC1(C)c1ccccc1. The number of rotatable bonds is 4. The van der Waals surface area contributed by atoms with Crippen LogP contribution in [0.15, 0.2) is 30.3 Å². The summed E-state index contributed by atoms with van der Waals surface area (Å²) in [6.07, 6.45) is 2.54. The van der Waals surface area contributed by atoms with Crippen molar-refractivity contribution >= 4 is 0 Å². The van der Waals surface area contributed by atoms with Gasteiger partial charge in [0.05, 0.1) is 5.54 Å². The Bertz CT molecular complexity index is 435. The Morgan fingerprint density at radius 1 is 1.24 bits per heavy atom. The van der Waals surface area contributed by atoms with Crippen molar-refractivity contribution in [1.29, 1.82) is 0 Å². The zero-order valence-electron chi connectivity index (χ0n) is 14.4. The van der Waals surface area contributed by atoms with Crippen molar-refractivity contribution in [2.45, 2.75) is 59.0 Å². The first-order valence-corrected chi connectivity index (χ1v) is 8.42. The highest BCUT2D eigenvalue weighted by Crippen LogP contribution is 2.34. The van der Waals surface area contributed by atoms with Crippen LogP contribution in [0, 0.1) is 5.41 Å². The van der Waals surface area contributed by atoms with Crippen LogP contribution >= 0.6 is 0 Å². The normalized spacial score (nSPS) is 27.8. The van der Waals surface area contributed by atoms with E-state index >= 15 is 0 Å². The monoisotopic (exact) mass is 288 g/mol. The predicted octanol–water partition coefficient (Wildman–Crippen LogP) is 4.02. The molecule has 1 aromatic rings. The molecule has 1 saturated heterocycles. The highest BCUT2D eigenvalue weighted by molar-refractivity contribution is 5.25. The van der Waals surface area contributed by atoms with Gasteiger partial charge in [0.25, 0.3) is 0 Å². The van der Waals surface area contributed by atoms with Crippen LogP contribution in [-0.2, 0) is 5.54 Å². The average molecular weight is 288 g/mol. The molecular formula is C19H32N2. The number of nitrogens with one attached hydrogen (secondary N) is 1. The molecule has 1 aliphatic heterocycles. The van der Waals surface area contributed by atoms with E-state index in [1.807, 2.05) is 0 Å². The lowest BCUT2D eigenvalue weighted by Gasteiger charge is -2.51. The predicted molar refractivity (Wildman–Crippen MR) is 91.5 cm³/mol. The summed E-state index contributed by atoms with van der Waals surface area (Å²) >= 11 is 0. The molecule has 1 heterocycles. The molecule has 0 aliphatic carbocycles. The third-order valence-corrected chi connectivity index (χ3v) is 5.02. The number of benzene rings is 1. The Hall–Kier alpha value is -0.860. The van der Waals surface area contributed by atoms with Crippen molar-refractivity contribution in [3.05, 3.63) is 35.9 Å². The Morgan fingerprint density at radius 2 is 1.90 bits per heavy atom. The molecule has 2 heteroatoms. The molecule has 21 heavy (non-hydrogen) atoms. The summed E-state index contributed by atoms with van der Waals surface area (Å²) in [6, 6.07) is 11.5. The molecule has 118 valence electrons. The van der Waals surface area contributed by atoms with Gasteiger partial charge in [-0.1, -0.05) is 64.4 Å². The molecule has 1 aliphatic rings. The van der Waals surface area contributed by atoms with E-state index in [9.17, 15) is 0 Å². The average Bonchev–Trinajstić information content (AvgIpc) is 2.46. The van der Waals surface area contributed by atoms with E-state index in [-0.39, 0.29) is 5.54 Å². The quantitative estimate of drug-likeness (QED) is 0.900. The molecule has 0 aromatic heterocycles. The van der Waals surface area contributed by atoms with Crippen LogP contribution in [0.4, 0.5) is 0 Å². The molecule has 0 saturated carbocycles. The number of piperazine rings is 1. The molecule has 2 nitrogen and oxygen atoms in total. The number of nitrogens with zero attached hydrogens (tertiary/aromatic N) is 1. The summed E-state index contributed by atoms with van der Waals surface area (Å²) in [7, 11) is 0. The summed E-state index contributed by atoms with van der Waals surface area (Å²) < 4.78 is 0. The molecule has 0 amide bonds. The second-order valence-corrected chi connectivity index (χ2v) is 7.74. The van der Waals surface area contributed by atoms with Crippen molar-refractivity contribution in [2.24, 2.45) is 5.41 Å². The van der Waals surface area contributed by atoms with Crippen molar-refractivity contribution in [3.8, 4) is 0 Å². The molecule has 1 fully saturated rings. The van der Waals surface area contributed by atoms with Gasteiger partial charge in [0, 0.05) is 19.1 Å². The van der Waals surface area contributed by atoms with Gasteiger partial charge in [0.1, 0.15) is 0 Å². The third-order valence-electron chi connectivity index (χ3n) is 5.02. The first kappa shape index (κ1) is 16.5. The third kappa shape index (κ3) is 3.67. The molecule has 1 N–H and O–H groups in total. The standard InChI is InChI=1S/C19H32N2/c1-6-7-13-21-14-17(18(2,3)4)20-15-19(21,5)16-11-9-8-10-12-16/h8-12,17,20H,6-7,13-15H2,1-5H3. The Morgan fingerprint density at radius 3 is 2.48 bits per heavy atom. The van der Waals surface area contributed by atoms with Gasteiger partial charge in [-0.25, -0.2) is 0 Å². The lowest BCUT2D eigenvalue weighted by atomic mass is 9.80. The van der Waals surface area contributed by atoms with E-state index in [0.717, 1.165) is 13.1 Å².